The van der Waals surface area contributed by atoms with Crippen LogP contribution in [0.2, 0.25) is 5.02 Å². The van der Waals surface area contributed by atoms with Gasteiger partial charge in [-0.05, 0) is 26.8 Å². The summed E-state index contributed by atoms with van der Waals surface area (Å²) in [6, 6.07) is 2.60. The second-order valence-corrected chi connectivity index (χ2v) is 8.97. The van der Waals surface area contributed by atoms with E-state index >= 15 is 0 Å². The first-order valence-corrected chi connectivity index (χ1v) is 9.31. The third-order valence-electron chi connectivity index (χ3n) is 3.11. The number of amides is 2. The van der Waals surface area contributed by atoms with E-state index in [2.05, 4.69) is 10.6 Å². The fourth-order valence-corrected chi connectivity index (χ4v) is 3.97. The fraction of sp³-hybridized carbons (Fsp3) is 0.467. The van der Waals surface area contributed by atoms with Gasteiger partial charge in [-0.1, -0.05) is 11.6 Å². The van der Waals surface area contributed by atoms with Gasteiger partial charge in [-0.15, -0.1) is 0 Å². The zero-order valence-corrected chi connectivity index (χ0v) is 15.2. The molecule has 7 nitrogen and oxygen atoms in total. The van der Waals surface area contributed by atoms with E-state index in [0.29, 0.717) is 5.69 Å². The van der Waals surface area contributed by atoms with Gasteiger partial charge in [-0.25, -0.2) is 8.42 Å². The predicted octanol–water partition coefficient (Wildman–Crippen LogP) is 1.75. The number of carbonyl (C=O) groups is 2. The van der Waals surface area contributed by atoms with Crippen LogP contribution in [0.5, 0.6) is 5.75 Å². The van der Waals surface area contributed by atoms with Gasteiger partial charge in [0, 0.05) is 18.0 Å². The molecule has 2 N–H and O–H groups in total. The van der Waals surface area contributed by atoms with Gasteiger partial charge in [0.2, 0.25) is 5.91 Å². The van der Waals surface area contributed by atoms with Crippen molar-refractivity contribution in [3.63, 3.8) is 0 Å². The van der Waals surface area contributed by atoms with Crippen LogP contribution in [0.15, 0.2) is 17.0 Å². The summed E-state index contributed by atoms with van der Waals surface area (Å²) < 4.78 is 30.1. The first-order valence-electron chi connectivity index (χ1n) is 7.28. The minimum absolute atomic E-state index is 0.0317. The summed E-state index contributed by atoms with van der Waals surface area (Å²) in [7, 11) is -3.77. The Morgan fingerprint density at radius 1 is 1.38 bits per heavy atom. The minimum atomic E-state index is -3.77. The first kappa shape index (κ1) is 18.5. The normalized spacial score (nSPS) is 14.4. The van der Waals surface area contributed by atoms with E-state index in [0.717, 1.165) is 0 Å². The molecule has 1 aliphatic rings. The van der Waals surface area contributed by atoms with Gasteiger partial charge in [0.15, 0.2) is 16.4 Å². The highest BCUT2D eigenvalue weighted by molar-refractivity contribution is 7.91. The Kier molecular flexibility index (Phi) is 5.10. The molecular weight excluding hydrogens is 356 g/mol. The quantitative estimate of drug-likeness (QED) is 0.836. The highest BCUT2D eigenvalue weighted by atomic mass is 35.5. The van der Waals surface area contributed by atoms with Gasteiger partial charge in [0.05, 0.1) is 21.4 Å². The molecule has 1 aliphatic heterocycles. The molecule has 0 aromatic heterocycles. The van der Waals surface area contributed by atoms with Crippen LogP contribution in [0.1, 0.15) is 27.2 Å². The highest BCUT2D eigenvalue weighted by Crippen LogP contribution is 2.36. The van der Waals surface area contributed by atoms with Crippen LogP contribution in [-0.2, 0) is 19.4 Å². The third kappa shape index (κ3) is 4.61. The van der Waals surface area contributed by atoms with Gasteiger partial charge in [-0.3, -0.25) is 9.59 Å². The molecule has 0 spiro atoms. The second-order valence-electron chi connectivity index (χ2n) is 6.48. The average Bonchev–Trinajstić information content (AvgIpc) is 2.42. The van der Waals surface area contributed by atoms with Crippen LogP contribution in [0, 0.1) is 0 Å². The van der Waals surface area contributed by atoms with Crippen LogP contribution in [-0.4, -0.2) is 38.1 Å². The van der Waals surface area contributed by atoms with Crippen LogP contribution in [0.3, 0.4) is 0 Å². The average molecular weight is 375 g/mol. The third-order valence-corrected chi connectivity index (χ3v) is 5.29. The molecule has 0 radical (unpaired) electrons. The second kappa shape index (κ2) is 6.60. The molecule has 0 saturated carbocycles. The number of anilines is 1. The van der Waals surface area contributed by atoms with Gasteiger partial charge in [0.25, 0.3) is 5.91 Å². The summed E-state index contributed by atoms with van der Waals surface area (Å²) >= 11 is 6.03. The van der Waals surface area contributed by atoms with Gasteiger partial charge in [0.1, 0.15) is 5.75 Å². The predicted molar refractivity (Wildman–Crippen MR) is 90.1 cm³/mol. The highest BCUT2D eigenvalue weighted by Gasteiger charge is 2.25. The standard InChI is InChI=1S/C15H19ClN2O5S/c1-15(2,3)18-13(19)4-5-24(21,22)12-7-11-10(6-9(12)16)17-14(20)8-23-11/h6-7H,4-5,8H2,1-3H3,(H,17,20)(H,18,19). The van der Waals surface area contributed by atoms with Crippen molar-refractivity contribution in [2.45, 2.75) is 37.6 Å². The molecule has 24 heavy (non-hydrogen) atoms. The Bertz CT molecular complexity index is 784. The van der Waals surface area contributed by atoms with Crippen LogP contribution < -0.4 is 15.4 Å². The van der Waals surface area contributed by atoms with Crippen molar-refractivity contribution in [3.8, 4) is 5.75 Å². The molecule has 132 valence electrons. The SMILES string of the molecule is CC(C)(C)NC(=O)CCS(=O)(=O)c1cc2c(cc1Cl)NC(=O)CO2. The minimum Gasteiger partial charge on any atom is -0.482 e. The zero-order valence-electron chi connectivity index (χ0n) is 13.6. The van der Waals surface area contributed by atoms with E-state index in [1.807, 2.05) is 20.8 Å². The lowest BCUT2D eigenvalue weighted by Crippen LogP contribution is -2.41. The van der Waals surface area contributed by atoms with Crippen LogP contribution in [0.25, 0.3) is 0 Å². The molecule has 2 rings (SSSR count). The Labute approximate surface area is 145 Å². The monoisotopic (exact) mass is 374 g/mol. The Balaban J connectivity index is 2.18. The van der Waals surface area contributed by atoms with Crippen molar-refractivity contribution >= 4 is 38.9 Å². The molecular formula is C15H19ClN2O5S. The molecule has 1 heterocycles. The van der Waals surface area contributed by atoms with E-state index in [1.165, 1.54) is 12.1 Å². The van der Waals surface area contributed by atoms with Crippen molar-refractivity contribution < 1.29 is 22.7 Å². The lowest BCUT2D eigenvalue weighted by molar-refractivity contribution is -0.122. The Hall–Kier alpha value is -1.80. The number of ether oxygens (including phenoxy) is 1. The zero-order chi connectivity index (χ0) is 18.1. The summed E-state index contributed by atoms with van der Waals surface area (Å²) in [5.41, 5.74) is -0.114. The van der Waals surface area contributed by atoms with Crippen molar-refractivity contribution in [3.05, 3.63) is 17.2 Å². The number of sulfone groups is 1. The molecule has 2 amide bonds. The first-order chi connectivity index (χ1) is 11.0. The van der Waals surface area contributed by atoms with Gasteiger partial charge >= 0.3 is 0 Å². The maximum Gasteiger partial charge on any atom is 0.262 e. The molecule has 0 unspecified atom stereocenters. The summed E-state index contributed by atoms with van der Waals surface area (Å²) in [5.74, 6) is -0.840. The Morgan fingerprint density at radius 2 is 2.04 bits per heavy atom. The molecule has 0 aliphatic carbocycles. The van der Waals surface area contributed by atoms with E-state index < -0.39 is 15.4 Å². The summed E-state index contributed by atoms with van der Waals surface area (Å²) in [6.45, 7) is 5.24. The fourth-order valence-electron chi connectivity index (χ4n) is 2.14. The number of hydrogen-bond acceptors (Lipinski definition) is 5. The van der Waals surface area contributed by atoms with Gasteiger partial charge < -0.3 is 15.4 Å². The number of fused-ring (bicyclic) bond motifs is 1. The maximum atomic E-state index is 12.5. The maximum absolute atomic E-state index is 12.5. The lowest BCUT2D eigenvalue weighted by Gasteiger charge is -2.21. The number of halogens is 1. The molecule has 0 saturated heterocycles. The number of benzene rings is 1. The number of nitrogens with one attached hydrogen (secondary N) is 2. The molecule has 1 aromatic rings. The summed E-state index contributed by atoms with van der Waals surface area (Å²) in [5, 5.41) is 5.22. The largest absolute Gasteiger partial charge is 0.482 e. The van der Waals surface area contributed by atoms with Gasteiger partial charge in [-0.2, -0.15) is 0 Å². The van der Waals surface area contributed by atoms with E-state index in [-0.39, 0.29) is 46.3 Å². The summed E-state index contributed by atoms with van der Waals surface area (Å²) in [4.78, 5) is 23.0. The molecule has 0 atom stereocenters. The van der Waals surface area contributed by atoms with E-state index in [1.54, 1.807) is 0 Å². The van der Waals surface area contributed by atoms with E-state index in [4.69, 9.17) is 16.3 Å². The van der Waals surface area contributed by atoms with Crippen molar-refractivity contribution in [1.29, 1.82) is 0 Å². The number of hydrogen-bond donors (Lipinski definition) is 2. The molecule has 1 aromatic carbocycles. The smallest absolute Gasteiger partial charge is 0.262 e. The Morgan fingerprint density at radius 3 is 2.67 bits per heavy atom. The van der Waals surface area contributed by atoms with Crippen molar-refractivity contribution in [2.24, 2.45) is 0 Å². The van der Waals surface area contributed by atoms with Crippen molar-refractivity contribution in [2.75, 3.05) is 17.7 Å². The molecule has 0 bridgehead atoms. The lowest BCUT2D eigenvalue weighted by atomic mass is 10.1. The van der Waals surface area contributed by atoms with Crippen LogP contribution >= 0.6 is 11.6 Å². The van der Waals surface area contributed by atoms with Crippen LogP contribution in [0.4, 0.5) is 5.69 Å². The summed E-state index contributed by atoms with van der Waals surface area (Å²) in [6.07, 6.45) is -0.176. The number of rotatable bonds is 4. The number of carbonyl (C=O) groups excluding carboxylic acids is 2. The molecule has 9 heteroatoms. The van der Waals surface area contributed by atoms with E-state index in [9.17, 15) is 18.0 Å². The molecule has 0 fully saturated rings. The topological polar surface area (TPSA) is 102 Å². The van der Waals surface area contributed by atoms with Crippen molar-refractivity contribution in [1.82, 2.24) is 5.32 Å².